The van der Waals surface area contributed by atoms with Gasteiger partial charge in [-0.2, -0.15) is 0 Å². The Balaban J connectivity index is 0. The van der Waals surface area contributed by atoms with E-state index in [9.17, 15) is 0 Å². The fourth-order valence-electron chi connectivity index (χ4n) is 0. The molecule has 0 atom stereocenters. The minimum atomic E-state index is 0. The summed E-state index contributed by atoms with van der Waals surface area (Å²) in [4.78, 5) is 0. The van der Waals surface area contributed by atoms with Crippen molar-refractivity contribution in [3.05, 3.63) is 0 Å². The molecule has 4 heavy (non-hydrogen) atoms. The maximum atomic E-state index is 0. The van der Waals surface area contributed by atoms with E-state index in [1.165, 1.54) is 0 Å². The minimum absolute atomic E-state index is 0. The van der Waals surface area contributed by atoms with Gasteiger partial charge >= 0.3 is 0 Å². The molecule has 0 nitrogen and oxygen atoms in total. The van der Waals surface area contributed by atoms with Crippen LogP contribution in [-0.4, -0.2) is 47.8 Å². The van der Waals surface area contributed by atoms with Crippen molar-refractivity contribution < 1.29 is 39.4 Å². The smallest absolute Gasteiger partial charge is 0 e. The Labute approximate surface area is 85.8 Å². The SMILES string of the molecule is [Ag].[Cu].[Sn].[Sn]. The summed E-state index contributed by atoms with van der Waals surface area (Å²) in [6.07, 6.45) is 0. The molecule has 0 aliphatic heterocycles. The van der Waals surface area contributed by atoms with E-state index in [2.05, 4.69) is 0 Å². The first kappa shape index (κ1) is 28.8. The molecule has 0 rings (SSSR count). The molecule has 0 bridgehead atoms. The second kappa shape index (κ2) is 16.9. The third-order valence-corrected chi connectivity index (χ3v) is 0. The van der Waals surface area contributed by atoms with Crippen molar-refractivity contribution in [2.45, 2.75) is 0 Å². The predicted octanol–water partition coefficient (Wildman–Crippen LogP) is -0.767. The maximum absolute atomic E-state index is 0. The van der Waals surface area contributed by atoms with Gasteiger partial charge in [0.1, 0.15) is 0 Å². The van der Waals surface area contributed by atoms with Gasteiger partial charge in [0.25, 0.3) is 0 Å². The zero-order chi connectivity index (χ0) is 0. The molecule has 0 amide bonds. The Bertz CT molecular complexity index is 6.00. The fourth-order valence-corrected chi connectivity index (χ4v) is 0. The molecule has 4 heteroatoms. The van der Waals surface area contributed by atoms with Crippen molar-refractivity contribution in [1.82, 2.24) is 0 Å². The van der Waals surface area contributed by atoms with Crippen LogP contribution in [0, 0.1) is 0 Å². The second-order valence-corrected chi connectivity index (χ2v) is 0. The molecule has 0 aromatic heterocycles. The van der Waals surface area contributed by atoms with Crippen LogP contribution in [0.4, 0.5) is 0 Å². The van der Waals surface area contributed by atoms with Crippen LogP contribution < -0.4 is 0 Å². The van der Waals surface area contributed by atoms with Crippen molar-refractivity contribution in [3.63, 3.8) is 0 Å². The zero-order valence-electron chi connectivity index (χ0n) is 1.60. The van der Waals surface area contributed by atoms with E-state index in [1.807, 2.05) is 0 Å². The van der Waals surface area contributed by atoms with Crippen LogP contribution in [0.5, 0.6) is 0 Å². The second-order valence-electron chi connectivity index (χ2n) is 0. The van der Waals surface area contributed by atoms with Crippen LogP contribution in [-0.2, 0) is 39.4 Å². The number of hydrogen-bond acceptors (Lipinski definition) is 0. The molecule has 0 aromatic carbocycles. The summed E-state index contributed by atoms with van der Waals surface area (Å²) in [5, 5.41) is 0. The van der Waals surface area contributed by atoms with Crippen LogP contribution >= 0.6 is 0 Å². The Hall–Kier alpha value is 2.86. The quantitative estimate of drug-likeness (QED) is 0.462. The molecule has 30 valence electrons. The van der Waals surface area contributed by atoms with Crippen molar-refractivity contribution >= 4 is 47.8 Å². The summed E-state index contributed by atoms with van der Waals surface area (Å²) in [5.74, 6) is 0. The van der Waals surface area contributed by atoms with Gasteiger partial charge in [-0.3, -0.25) is 0 Å². The molecule has 0 unspecified atom stereocenters. The Kier molecular flexibility index (Phi) is 122. The molecular formula is AgCuSn2. The standard InChI is InChI=1S/Ag.Cu.2Sn. The topological polar surface area (TPSA) is 0 Å². The Morgan fingerprint density at radius 3 is 0.750 bits per heavy atom. The van der Waals surface area contributed by atoms with Crippen LogP contribution in [0.3, 0.4) is 0 Å². The van der Waals surface area contributed by atoms with Gasteiger partial charge in [-0.15, -0.1) is 0 Å². The monoisotopic (exact) mass is 410 g/mol. The van der Waals surface area contributed by atoms with E-state index in [-0.39, 0.29) is 87.3 Å². The average molecular weight is 409 g/mol. The van der Waals surface area contributed by atoms with Crippen molar-refractivity contribution in [2.24, 2.45) is 0 Å². The summed E-state index contributed by atoms with van der Waals surface area (Å²) < 4.78 is 0. The largest absolute Gasteiger partial charge is 0 e. The van der Waals surface area contributed by atoms with Gasteiger partial charge in [-0.05, 0) is 0 Å². The summed E-state index contributed by atoms with van der Waals surface area (Å²) >= 11 is 0. The molecule has 0 heterocycles. The zero-order valence-corrected chi connectivity index (χ0v) is 9.74. The van der Waals surface area contributed by atoms with Gasteiger partial charge in [0.05, 0.1) is 0 Å². The van der Waals surface area contributed by atoms with Crippen molar-refractivity contribution in [2.75, 3.05) is 0 Å². The third kappa shape index (κ3) is 8.85. The van der Waals surface area contributed by atoms with Gasteiger partial charge in [-0.25, -0.2) is 0 Å². The molecule has 10 radical (unpaired) electrons. The van der Waals surface area contributed by atoms with Crippen LogP contribution in [0.15, 0.2) is 0 Å². The third-order valence-electron chi connectivity index (χ3n) is 0. The predicted molar refractivity (Wildman–Crippen MR) is 11.5 cm³/mol. The summed E-state index contributed by atoms with van der Waals surface area (Å²) in [6.45, 7) is 0. The van der Waals surface area contributed by atoms with Gasteiger partial charge in [0.15, 0.2) is 0 Å². The van der Waals surface area contributed by atoms with Gasteiger partial charge in [0, 0.05) is 87.3 Å². The molecule has 0 N–H and O–H groups in total. The van der Waals surface area contributed by atoms with Crippen LogP contribution in [0.1, 0.15) is 0 Å². The summed E-state index contributed by atoms with van der Waals surface area (Å²) in [7, 11) is 0. The van der Waals surface area contributed by atoms with Gasteiger partial charge in [-0.1, -0.05) is 0 Å². The van der Waals surface area contributed by atoms with E-state index < -0.39 is 0 Å². The molecule has 0 aliphatic carbocycles. The molecule has 0 saturated carbocycles. The minimum Gasteiger partial charge on any atom is 0 e. The van der Waals surface area contributed by atoms with E-state index in [0.29, 0.717) is 0 Å². The van der Waals surface area contributed by atoms with E-state index >= 15 is 0 Å². The van der Waals surface area contributed by atoms with Gasteiger partial charge < -0.3 is 0 Å². The number of hydrogen-bond donors (Lipinski definition) is 0. The van der Waals surface area contributed by atoms with Crippen molar-refractivity contribution in [1.29, 1.82) is 0 Å². The van der Waals surface area contributed by atoms with E-state index in [0.717, 1.165) is 0 Å². The molecule has 0 aliphatic rings. The fraction of sp³-hybridized carbons (Fsp3) is 0. The summed E-state index contributed by atoms with van der Waals surface area (Å²) in [5.41, 5.74) is 0. The van der Waals surface area contributed by atoms with E-state index in [4.69, 9.17) is 0 Å². The molecular weight excluding hydrogens is 409 g/mol. The molecule has 0 aromatic rings. The normalized spacial score (nSPS) is 0. The number of rotatable bonds is 0. The van der Waals surface area contributed by atoms with Crippen LogP contribution in [0.2, 0.25) is 0 Å². The Morgan fingerprint density at radius 1 is 0.750 bits per heavy atom. The summed E-state index contributed by atoms with van der Waals surface area (Å²) in [6, 6.07) is 0. The van der Waals surface area contributed by atoms with Gasteiger partial charge in [0.2, 0.25) is 0 Å². The van der Waals surface area contributed by atoms with E-state index in [1.54, 1.807) is 0 Å². The first-order valence-electron chi connectivity index (χ1n) is 0. The van der Waals surface area contributed by atoms with Crippen molar-refractivity contribution in [3.8, 4) is 0 Å². The molecule has 0 saturated heterocycles. The molecule has 0 fully saturated rings. The molecule has 0 spiro atoms. The average Bonchev–Trinajstić information content (AvgIpc) is 0. The van der Waals surface area contributed by atoms with Crippen LogP contribution in [0.25, 0.3) is 0 Å². The first-order valence-corrected chi connectivity index (χ1v) is 0. The Morgan fingerprint density at radius 2 is 0.750 bits per heavy atom. The first-order chi connectivity index (χ1) is 0. The maximum Gasteiger partial charge on any atom is 0 e.